The summed E-state index contributed by atoms with van der Waals surface area (Å²) >= 11 is 0. The molecule has 0 radical (unpaired) electrons. The number of hydrogen-bond donors (Lipinski definition) is 0. The number of hydrogen-bond acceptors (Lipinski definition) is 4. The van der Waals surface area contributed by atoms with Crippen LogP contribution in [0.5, 0.6) is 0 Å². The highest BCUT2D eigenvalue weighted by molar-refractivity contribution is 6.33. The van der Waals surface area contributed by atoms with Crippen LogP contribution in [0.1, 0.15) is 168 Å². The first kappa shape index (κ1) is 45.9. The lowest BCUT2D eigenvalue weighted by molar-refractivity contribution is 0.591. The Morgan fingerprint density at radius 1 is 0.372 bits per heavy atom. The molecule has 6 heteroatoms. The molecule has 9 aromatic carbocycles. The standard InChI is InChI=1S/C72H52N6/c1-37-45-23-15-17-25-47(45)59(39-19-11-9-12-20-39)61-41(33-73)27-55-65(57(37)61)51-31-43(71(3,4)5)29-49-63-53(35-75)64-50-30-44(72(6,7)8)32-52-66-56(78(68(50)52)70(64)54(36-76)69(63)77(55)67(49)51)28-42(34-74)62-58(66)38(2)46-24-16-18-26-48(46)60(62)40-21-13-10-14-22-40/h9-32,37-38,59-60H,1-8H3. The van der Waals surface area contributed by atoms with E-state index in [-0.39, 0.29) is 34.5 Å². The van der Waals surface area contributed by atoms with Crippen LogP contribution in [-0.4, -0.2) is 8.80 Å². The molecular weight excluding hydrogens is 949 g/mol. The van der Waals surface area contributed by atoms with E-state index in [0.29, 0.717) is 33.3 Å². The summed E-state index contributed by atoms with van der Waals surface area (Å²) in [5.74, 6) is -0.504. The van der Waals surface area contributed by atoms with Crippen molar-refractivity contribution in [3.63, 3.8) is 0 Å². The lowest BCUT2D eigenvalue weighted by atomic mass is 9.68. The van der Waals surface area contributed by atoms with Crippen molar-refractivity contribution >= 4 is 76.2 Å². The van der Waals surface area contributed by atoms with Gasteiger partial charge >= 0.3 is 0 Å². The van der Waals surface area contributed by atoms with E-state index in [0.717, 1.165) is 110 Å². The van der Waals surface area contributed by atoms with Gasteiger partial charge in [0.2, 0.25) is 0 Å². The molecule has 0 fully saturated rings. The van der Waals surface area contributed by atoms with Gasteiger partial charge in [0, 0.05) is 66.8 Å². The molecule has 15 rings (SSSR count). The summed E-state index contributed by atoms with van der Waals surface area (Å²) in [7, 11) is 0. The molecular formula is C72H52N6. The molecule has 4 unspecified atom stereocenters. The summed E-state index contributed by atoms with van der Waals surface area (Å²) in [6.07, 6.45) is 0. The van der Waals surface area contributed by atoms with Gasteiger partial charge in [-0.25, -0.2) is 0 Å². The minimum atomic E-state index is -0.292. The second-order valence-corrected chi connectivity index (χ2v) is 24.3. The highest BCUT2D eigenvalue weighted by Gasteiger charge is 2.41. The van der Waals surface area contributed by atoms with Crippen LogP contribution < -0.4 is 0 Å². The Morgan fingerprint density at radius 2 is 0.718 bits per heavy atom. The molecule has 4 atom stereocenters. The number of rotatable bonds is 2. The van der Waals surface area contributed by atoms with E-state index in [4.69, 9.17) is 0 Å². The third kappa shape index (κ3) is 5.67. The van der Waals surface area contributed by atoms with Crippen LogP contribution in [0, 0.1) is 45.3 Å². The van der Waals surface area contributed by atoms with Gasteiger partial charge in [-0.1, -0.05) is 165 Å². The van der Waals surface area contributed by atoms with E-state index >= 15 is 0 Å². The van der Waals surface area contributed by atoms with Gasteiger partial charge in [-0.05, 0) is 114 Å². The monoisotopic (exact) mass is 1000 g/mol. The molecule has 370 valence electrons. The molecule has 2 aliphatic carbocycles. The zero-order valence-electron chi connectivity index (χ0n) is 44.8. The fraction of sp³-hybridized carbons (Fsp3) is 0.194. The smallest absolute Gasteiger partial charge is 0.104 e. The van der Waals surface area contributed by atoms with Crippen molar-refractivity contribution in [1.29, 1.82) is 21.0 Å². The van der Waals surface area contributed by atoms with E-state index in [1.807, 2.05) is 12.1 Å². The molecule has 4 heterocycles. The molecule has 0 N–H and O–H groups in total. The zero-order chi connectivity index (χ0) is 53.6. The maximum absolute atomic E-state index is 12.2. The highest BCUT2D eigenvalue weighted by atomic mass is 15.0. The average Bonchev–Trinajstić information content (AvgIpc) is 2.74. The van der Waals surface area contributed by atoms with Gasteiger partial charge in [0.25, 0.3) is 0 Å². The van der Waals surface area contributed by atoms with Gasteiger partial charge in [-0.3, -0.25) is 0 Å². The second kappa shape index (κ2) is 15.6. The quantitative estimate of drug-likeness (QED) is 0.172. The van der Waals surface area contributed by atoms with Gasteiger partial charge < -0.3 is 8.80 Å². The van der Waals surface area contributed by atoms with Gasteiger partial charge in [0.1, 0.15) is 17.7 Å². The van der Waals surface area contributed by atoms with E-state index in [2.05, 4.69) is 222 Å². The lowest BCUT2D eigenvalue weighted by Gasteiger charge is -2.34. The molecule has 13 aromatic rings. The third-order valence-corrected chi connectivity index (χ3v) is 18.3. The van der Waals surface area contributed by atoms with Crippen molar-refractivity contribution in [2.45, 2.75) is 89.9 Å². The van der Waals surface area contributed by atoms with Crippen molar-refractivity contribution in [3.8, 4) is 24.3 Å². The van der Waals surface area contributed by atoms with E-state index < -0.39 is 0 Å². The van der Waals surface area contributed by atoms with Crippen LogP contribution in [0.3, 0.4) is 0 Å². The number of aromatic nitrogens is 2. The molecule has 6 nitrogen and oxygen atoms in total. The van der Waals surface area contributed by atoms with Crippen LogP contribution >= 0.6 is 0 Å². The zero-order valence-corrected chi connectivity index (χ0v) is 44.8. The van der Waals surface area contributed by atoms with Crippen LogP contribution in [-0.2, 0) is 10.8 Å². The van der Waals surface area contributed by atoms with Crippen LogP contribution in [0.25, 0.3) is 76.2 Å². The Morgan fingerprint density at radius 3 is 1.06 bits per heavy atom. The van der Waals surface area contributed by atoms with Crippen molar-refractivity contribution in [3.05, 3.63) is 235 Å². The summed E-state index contributed by atoms with van der Waals surface area (Å²) in [6.45, 7) is 18.0. The van der Waals surface area contributed by atoms with Crippen molar-refractivity contribution in [2.24, 2.45) is 0 Å². The summed E-state index contributed by atoms with van der Waals surface area (Å²) in [5.41, 5.74) is 20.1. The van der Waals surface area contributed by atoms with Crippen LogP contribution in [0.4, 0.5) is 0 Å². The van der Waals surface area contributed by atoms with Crippen molar-refractivity contribution in [1.82, 2.24) is 8.80 Å². The maximum Gasteiger partial charge on any atom is 0.104 e. The van der Waals surface area contributed by atoms with E-state index in [1.54, 1.807) is 0 Å². The van der Waals surface area contributed by atoms with Crippen LogP contribution in [0.2, 0.25) is 0 Å². The first-order valence-corrected chi connectivity index (χ1v) is 27.2. The summed E-state index contributed by atoms with van der Waals surface area (Å²) in [5, 5.41) is 54.8. The minimum absolute atomic E-state index is 0.0704. The van der Waals surface area contributed by atoms with Gasteiger partial charge in [-0.2, -0.15) is 21.0 Å². The molecule has 2 aliphatic rings. The number of benzene rings is 9. The van der Waals surface area contributed by atoms with E-state index in [1.165, 1.54) is 22.3 Å². The molecule has 0 bridgehead atoms. The largest absolute Gasteiger partial charge is 0.306 e. The molecule has 0 amide bonds. The Balaban J connectivity index is 1.18. The Labute approximate surface area is 452 Å². The highest BCUT2D eigenvalue weighted by Crippen LogP contribution is 2.57. The number of fused-ring (bicyclic) bond motifs is 18. The summed E-state index contributed by atoms with van der Waals surface area (Å²) < 4.78 is 4.48. The molecule has 0 saturated carbocycles. The van der Waals surface area contributed by atoms with Gasteiger partial charge in [0.05, 0.1) is 61.9 Å². The SMILES string of the molecule is CC1c2ccccc2C(c2ccccc2)c2c(C#N)cc3c(c21)c1cc(C(C)(C)C)cc2c4c(C#N)c5c6cc(C(C)(C)C)cc7c8c9c(c(C#N)cc8n(c5c(C#N)c4n3c12)c76)C(c1ccccc1)c1ccccc1C9C. The predicted octanol–water partition coefficient (Wildman–Crippen LogP) is 17.4. The van der Waals surface area contributed by atoms with Crippen molar-refractivity contribution in [2.75, 3.05) is 0 Å². The topological polar surface area (TPSA) is 104 Å². The maximum atomic E-state index is 12.2. The fourth-order valence-electron chi connectivity index (χ4n) is 15.0. The number of nitrogens with zero attached hydrogens (tertiary/aromatic N) is 6. The number of nitriles is 4. The van der Waals surface area contributed by atoms with Gasteiger partial charge in [-0.15, -0.1) is 0 Å². The van der Waals surface area contributed by atoms with Gasteiger partial charge in [0.15, 0.2) is 0 Å². The van der Waals surface area contributed by atoms with E-state index in [9.17, 15) is 21.0 Å². The molecule has 78 heavy (non-hydrogen) atoms. The molecule has 0 spiro atoms. The summed E-state index contributed by atoms with van der Waals surface area (Å²) in [6, 6.07) is 63.0. The van der Waals surface area contributed by atoms with Crippen LogP contribution in [0.15, 0.2) is 146 Å². The predicted molar refractivity (Wildman–Crippen MR) is 315 cm³/mol. The molecule has 0 aliphatic heterocycles. The average molecular weight is 1000 g/mol. The Hall–Kier alpha value is -9.46. The lowest BCUT2D eigenvalue weighted by Crippen LogP contribution is -2.19. The fourth-order valence-corrected chi connectivity index (χ4v) is 15.0. The third-order valence-electron chi connectivity index (χ3n) is 18.3. The summed E-state index contributed by atoms with van der Waals surface area (Å²) in [4.78, 5) is 0. The first-order valence-electron chi connectivity index (χ1n) is 27.2. The molecule has 4 aromatic heterocycles. The normalized spacial score (nSPS) is 17.2. The first-order chi connectivity index (χ1) is 37.7. The second-order valence-electron chi connectivity index (χ2n) is 24.3. The Bertz CT molecular complexity index is 4700. The molecule has 0 saturated heterocycles. The van der Waals surface area contributed by atoms with Crippen molar-refractivity contribution < 1.29 is 0 Å². The Kier molecular flexibility index (Phi) is 9.17. The minimum Gasteiger partial charge on any atom is -0.306 e.